The van der Waals surface area contributed by atoms with E-state index in [9.17, 15) is 4.39 Å². The van der Waals surface area contributed by atoms with Gasteiger partial charge in [0.05, 0.1) is 0 Å². The first-order valence-corrected chi connectivity index (χ1v) is 5.86. The molecule has 2 aromatic rings. The fourth-order valence-corrected chi connectivity index (χ4v) is 1.67. The van der Waals surface area contributed by atoms with Crippen LogP contribution in [0.15, 0.2) is 42.5 Å². The molecule has 0 unspecified atom stereocenters. The van der Waals surface area contributed by atoms with Crippen molar-refractivity contribution in [2.24, 2.45) is 0 Å². The average Bonchev–Trinajstić information content (AvgIpc) is 2.36. The zero-order valence-electron chi connectivity index (χ0n) is 10.5. The summed E-state index contributed by atoms with van der Waals surface area (Å²) in [6.07, 6.45) is 0. The first-order chi connectivity index (χ1) is 8.69. The molecular formula is C15H16FNO. The van der Waals surface area contributed by atoms with Gasteiger partial charge in [0.15, 0.2) is 11.6 Å². The molecule has 18 heavy (non-hydrogen) atoms. The number of hydrogen-bond acceptors (Lipinski definition) is 2. The third-order valence-electron chi connectivity index (χ3n) is 2.63. The minimum atomic E-state index is -0.344. The number of aryl methyl sites for hydroxylation is 1. The lowest BCUT2D eigenvalue weighted by Gasteiger charge is -2.08. The predicted octanol–water partition coefficient (Wildman–Crippen LogP) is 3.65. The highest BCUT2D eigenvalue weighted by Crippen LogP contribution is 2.25. The Morgan fingerprint density at radius 3 is 2.44 bits per heavy atom. The highest BCUT2D eigenvalue weighted by Gasteiger charge is 2.05. The molecule has 0 atom stereocenters. The lowest BCUT2D eigenvalue weighted by molar-refractivity contribution is 0.441. The smallest absolute Gasteiger partial charge is 0.166 e. The molecule has 0 heterocycles. The summed E-state index contributed by atoms with van der Waals surface area (Å²) < 4.78 is 19.3. The Bertz CT molecular complexity index is 523. The zero-order valence-corrected chi connectivity index (χ0v) is 10.5. The van der Waals surface area contributed by atoms with Gasteiger partial charge in [-0.05, 0) is 43.8 Å². The van der Waals surface area contributed by atoms with Gasteiger partial charge < -0.3 is 10.1 Å². The Hall–Kier alpha value is -1.87. The normalized spacial score (nSPS) is 10.4. The molecule has 3 heteroatoms. The van der Waals surface area contributed by atoms with Crippen molar-refractivity contribution in [2.45, 2.75) is 13.5 Å². The molecule has 0 fully saturated rings. The van der Waals surface area contributed by atoms with E-state index >= 15 is 0 Å². The van der Waals surface area contributed by atoms with Crippen molar-refractivity contribution in [2.75, 3.05) is 7.05 Å². The van der Waals surface area contributed by atoms with Gasteiger partial charge in [0.1, 0.15) is 5.75 Å². The Morgan fingerprint density at radius 1 is 1.11 bits per heavy atom. The van der Waals surface area contributed by atoms with Crippen LogP contribution < -0.4 is 10.1 Å². The van der Waals surface area contributed by atoms with Gasteiger partial charge in [0.25, 0.3) is 0 Å². The van der Waals surface area contributed by atoms with Crippen molar-refractivity contribution in [1.82, 2.24) is 5.32 Å². The average molecular weight is 245 g/mol. The molecule has 0 amide bonds. The molecule has 0 aliphatic carbocycles. The summed E-state index contributed by atoms with van der Waals surface area (Å²) in [4.78, 5) is 0. The maximum atomic E-state index is 13.8. The first kappa shape index (κ1) is 12.6. The zero-order chi connectivity index (χ0) is 13.0. The fourth-order valence-electron chi connectivity index (χ4n) is 1.67. The molecule has 0 aromatic heterocycles. The van der Waals surface area contributed by atoms with Gasteiger partial charge >= 0.3 is 0 Å². The molecule has 2 nitrogen and oxygen atoms in total. The Balaban J connectivity index is 2.16. The first-order valence-electron chi connectivity index (χ1n) is 5.86. The van der Waals surface area contributed by atoms with Gasteiger partial charge in [-0.25, -0.2) is 4.39 Å². The minimum Gasteiger partial charge on any atom is -0.454 e. The number of nitrogens with one attached hydrogen (secondary N) is 1. The van der Waals surface area contributed by atoms with Crippen LogP contribution in [-0.4, -0.2) is 7.05 Å². The van der Waals surface area contributed by atoms with Gasteiger partial charge in [-0.15, -0.1) is 0 Å². The number of rotatable bonds is 4. The van der Waals surface area contributed by atoms with Gasteiger partial charge in [0.2, 0.25) is 0 Å². The Labute approximate surface area is 106 Å². The summed E-state index contributed by atoms with van der Waals surface area (Å²) in [5, 5.41) is 2.98. The largest absolute Gasteiger partial charge is 0.454 e. The van der Waals surface area contributed by atoms with E-state index in [0.29, 0.717) is 12.3 Å². The van der Waals surface area contributed by atoms with Gasteiger partial charge in [-0.1, -0.05) is 23.8 Å². The van der Waals surface area contributed by atoms with Crippen molar-refractivity contribution in [3.05, 3.63) is 59.4 Å². The van der Waals surface area contributed by atoms with Gasteiger partial charge in [-0.2, -0.15) is 0 Å². The number of halogens is 1. The molecule has 0 spiro atoms. The lowest BCUT2D eigenvalue weighted by atomic mass is 10.2. The second kappa shape index (κ2) is 5.65. The third kappa shape index (κ3) is 3.08. The van der Waals surface area contributed by atoms with Crippen LogP contribution in [0.2, 0.25) is 0 Å². The summed E-state index contributed by atoms with van der Waals surface area (Å²) in [6, 6.07) is 12.5. The van der Waals surface area contributed by atoms with Crippen LogP contribution in [0.3, 0.4) is 0 Å². The molecule has 0 saturated carbocycles. The summed E-state index contributed by atoms with van der Waals surface area (Å²) in [5.41, 5.74) is 2.04. The molecule has 1 N–H and O–H groups in total. The molecule has 0 radical (unpaired) electrons. The van der Waals surface area contributed by atoms with Crippen molar-refractivity contribution >= 4 is 0 Å². The van der Waals surface area contributed by atoms with Gasteiger partial charge in [-0.3, -0.25) is 0 Å². The van der Waals surface area contributed by atoms with Crippen LogP contribution in [0, 0.1) is 12.7 Å². The van der Waals surface area contributed by atoms with E-state index in [4.69, 9.17) is 4.74 Å². The van der Waals surface area contributed by atoms with Crippen LogP contribution in [0.4, 0.5) is 4.39 Å². The second-order valence-electron chi connectivity index (χ2n) is 4.21. The van der Waals surface area contributed by atoms with E-state index in [1.54, 1.807) is 6.07 Å². The maximum Gasteiger partial charge on any atom is 0.166 e. The number of hydrogen-bond donors (Lipinski definition) is 1. The molecular weight excluding hydrogens is 229 g/mol. The highest BCUT2D eigenvalue weighted by molar-refractivity contribution is 5.35. The molecule has 0 aliphatic rings. The second-order valence-corrected chi connectivity index (χ2v) is 4.21. The summed E-state index contributed by atoms with van der Waals surface area (Å²) in [6.45, 7) is 2.64. The van der Waals surface area contributed by atoms with Crippen LogP contribution >= 0.6 is 0 Å². The van der Waals surface area contributed by atoms with E-state index < -0.39 is 0 Å². The topological polar surface area (TPSA) is 21.3 Å². The molecule has 0 saturated heterocycles. The quantitative estimate of drug-likeness (QED) is 0.887. The van der Waals surface area contributed by atoms with Crippen LogP contribution in [-0.2, 0) is 6.54 Å². The molecule has 0 aliphatic heterocycles. The van der Waals surface area contributed by atoms with Crippen molar-refractivity contribution in [3.8, 4) is 11.5 Å². The van der Waals surface area contributed by atoms with Crippen LogP contribution in [0.25, 0.3) is 0 Å². The summed E-state index contributed by atoms with van der Waals surface area (Å²) >= 11 is 0. The van der Waals surface area contributed by atoms with Crippen LogP contribution in [0.1, 0.15) is 11.1 Å². The SMILES string of the molecule is CNCc1ccc(Oc2ccc(C)cc2)c(F)c1. The molecule has 94 valence electrons. The highest BCUT2D eigenvalue weighted by atomic mass is 19.1. The van der Waals surface area contributed by atoms with E-state index in [0.717, 1.165) is 11.1 Å². The summed E-state index contributed by atoms with van der Waals surface area (Å²) in [5.74, 6) is 0.544. The Kier molecular flexibility index (Phi) is 3.95. The number of ether oxygens (including phenoxy) is 1. The van der Waals surface area contributed by atoms with Crippen molar-refractivity contribution < 1.29 is 9.13 Å². The van der Waals surface area contributed by atoms with Crippen molar-refractivity contribution in [1.29, 1.82) is 0 Å². The molecule has 0 bridgehead atoms. The van der Waals surface area contributed by atoms with Crippen molar-refractivity contribution in [3.63, 3.8) is 0 Å². The standard InChI is InChI=1S/C15H16FNO/c1-11-3-6-13(7-4-11)18-15-8-5-12(10-17-2)9-14(15)16/h3-9,17H,10H2,1-2H3. The predicted molar refractivity (Wildman–Crippen MR) is 70.4 cm³/mol. The third-order valence-corrected chi connectivity index (χ3v) is 2.63. The maximum absolute atomic E-state index is 13.8. The molecule has 2 aromatic carbocycles. The monoisotopic (exact) mass is 245 g/mol. The summed E-state index contributed by atoms with van der Waals surface area (Å²) in [7, 11) is 1.83. The van der Waals surface area contributed by atoms with Crippen LogP contribution in [0.5, 0.6) is 11.5 Å². The fraction of sp³-hybridized carbons (Fsp3) is 0.200. The lowest BCUT2D eigenvalue weighted by Crippen LogP contribution is -2.05. The van der Waals surface area contributed by atoms with Gasteiger partial charge in [0, 0.05) is 6.54 Å². The Morgan fingerprint density at radius 2 is 1.83 bits per heavy atom. The minimum absolute atomic E-state index is 0.249. The van der Waals surface area contributed by atoms with E-state index in [1.165, 1.54) is 6.07 Å². The van der Waals surface area contributed by atoms with E-state index in [2.05, 4.69) is 5.32 Å². The number of benzene rings is 2. The molecule has 2 rings (SSSR count). The van der Waals surface area contributed by atoms with E-state index in [1.807, 2.05) is 44.3 Å². The van der Waals surface area contributed by atoms with E-state index in [-0.39, 0.29) is 11.6 Å².